The molecule has 0 aliphatic rings. The Morgan fingerprint density at radius 2 is 1.82 bits per heavy atom. The summed E-state index contributed by atoms with van der Waals surface area (Å²) in [5, 5.41) is 7.72. The van der Waals surface area contributed by atoms with E-state index in [-0.39, 0.29) is 17.3 Å². The summed E-state index contributed by atoms with van der Waals surface area (Å²) in [6.45, 7) is 4.83. The van der Waals surface area contributed by atoms with Gasteiger partial charge in [-0.25, -0.2) is 8.42 Å². The van der Waals surface area contributed by atoms with Crippen LogP contribution in [0.25, 0.3) is 6.08 Å². The molecule has 0 fully saturated rings. The van der Waals surface area contributed by atoms with Crippen LogP contribution in [0, 0.1) is 6.92 Å². The first kappa shape index (κ1) is 24.5. The molecular weight excluding hydrogens is 460 g/mol. The Labute approximate surface area is 199 Å². The highest BCUT2D eigenvalue weighted by atomic mass is 35.5. The number of amides is 1. The third-order valence-electron chi connectivity index (χ3n) is 5.00. The minimum Gasteiger partial charge on any atom is -0.348 e. The van der Waals surface area contributed by atoms with Gasteiger partial charge in [-0.1, -0.05) is 61.3 Å². The SMILES string of the molecule is CCCCn1nc(C)c(/C=C/C(=O)NCc2ccccc2NS(=O)(=O)c2ccccc2)c1Cl. The molecule has 0 saturated heterocycles. The Hall–Kier alpha value is -3.10. The molecule has 1 amide bonds. The van der Waals surface area contributed by atoms with Crippen molar-refractivity contribution in [2.24, 2.45) is 0 Å². The third-order valence-corrected chi connectivity index (χ3v) is 6.78. The summed E-state index contributed by atoms with van der Waals surface area (Å²) in [5.74, 6) is -0.326. The third kappa shape index (κ3) is 6.46. The maximum Gasteiger partial charge on any atom is 0.261 e. The van der Waals surface area contributed by atoms with Crippen LogP contribution < -0.4 is 10.0 Å². The number of unbranched alkanes of at least 4 members (excludes halogenated alkanes) is 1. The average molecular weight is 487 g/mol. The smallest absolute Gasteiger partial charge is 0.261 e. The van der Waals surface area contributed by atoms with Gasteiger partial charge in [0.15, 0.2) is 0 Å². The molecule has 2 N–H and O–H groups in total. The number of anilines is 1. The van der Waals surface area contributed by atoms with E-state index in [1.807, 2.05) is 6.92 Å². The molecule has 3 aromatic rings. The number of aromatic nitrogens is 2. The molecule has 2 aromatic carbocycles. The Morgan fingerprint density at radius 3 is 2.55 bits per heavy atom. The van der Waals surface area contributed by atoms with E-state index in [9.17, 15) is 13.2 Å². The quantitative estimate of drug-likeness (QED) is 0.403. The molecule has 0 spiro atoms. The van der Waals surface area contributed by atoms with Gasteiger partial charge < -0.3 is 5.32 Å². The van der Waals surface area contributed by atoms with E-state index in [0.717, 1.165) is 25.1 Å². The maximum atomic E-state index is 12.7. The van der Waals surface area contributed by atoms with Gasteiger partial charge >= 0.3 is 0 Å². The molecule has 0 radical (unpaired) electrons. The molecule has 0 aliphatic heterocycles. The normalized spacial score (nSPS) is 11.6. The second-order valence-corrected chi connectivity index (χ2v) is 9.53. The highest BCUT2D eigenvalue weighted by molar-refractivity contribution is 7.92. The van der Waals surface area contributed by atoms with Gasteiger partial charge in [0.25, 0.3) is 10.0 Å². The molecule has 33 heavy (non-hydrogen) atoms. The number of hydrogen-bond acceptors (Lipinski definition) is 4. The van der Waals surface area contributed by atoms with Gasteiger partial charge in [0, 0.05) is 24.7 Å². The number of carbonyl (C=O) groups is 1. The number of halogens is 1. The summed E-state index contributed by atoms with van der Waals surface area (Å²) in [5.41, 5.74) is 2.50. The van der Waals surface area contributed by atoms with Gasteiger partial charge in [-0.3, -0.25) is 14.2 Å². The summed E-state index contributed by atoms with van der Waals surface area (Å²) >= 11 is 6.41. The standard InChI is InChI=1S/C24H27ClN4O3S/c1-3-4-16-29-24(25)21(18(2)27-29)14-15-23(30)26-17-19-10-8-9-13-22(19)28-33(31,32)20-11-6-5-7-12-20/h5-15,28H,3-4,16-17H2,1-2H3,(H,26,30)/b15-14+. The first-order valence-electron chi connectivity index (χ1n) is 10.7. The van der Waals surface area contributed by atoms with Crippen LogP contribution in [0.15, 0.2) is 65.6 Å². The van der Waals surface area contributed by atoms with Crippen LogP contribution in [-0.4, -0.2) is 24.1 Å². The van der Waals surface area contributed by atoms with Crippen LogP contribution in [0.1, 0.15) is 36.6 Å². The van der Waals surface area contributed by atoms with Gasteiger partial charge in [0.05, 0.1) is 16.3 Å². The van der Waals surface area contributed by atoms with Crippen molar-refractivity contribution < 1.29 is 13.2 Å². The number of nitrogens with zero attached hydrogens (tertiary/aromatic N) is 2. The number of sulfonamides is 1. The first-order valence-corrected chi connectivity index (χ1v) is 12.5. The van der Waals surface area contributed by atoms with Crippen molar-refractivity contribution in [1.82, 2.24) is 15.1 Å². The molecule has 3 rings (SSSR count). The highest BCUT2D eigenvalue weighted by Gasteiger charge is 2.16. The van der Waals surface area contributed by atoms with Crippen LogP contribution in [-0.2, 0) is 27.9 Å². The lowest BCUT2D eigenvalue weighted by molar-refractivity contribution is -0.116. The lowest BCUT2D eigenvalue weighted by Crippen LogP contribution is -2.22. The van der Waals surface area contributed by atoms with E-state index in [2.05, 4.69) is 22.1 Å². The second-order valence-electron chi connectivity index (χ2n) is 7.49. The summed E-state index contributed by atoms with van der Waals surface area (Å²) in [7, 11) is -3.74. The van der Waals surface area contributed by atoms with Crippen LogP contribution in [0.3, 0.4) is 0 Å². The minimum atomic E-state index is -3.74. The van der Waals surface area contributed by atoms with Crippen LogP contribution in [0.4, 0.5) is 5.69 Å². The average Bonchev–Trinajstić information content (AvgIpc) is 3.08. The zero-order valence-corrected chi connectivity index (χ0v) is 20.2. The van der Waals surface area contributed by atoms with E-state index in [4.69, 9.17) is 11.6 Å². The number of hydrogen-bond donors (Lipinski definition) is 2. The Balaban J connectivity index is 1.66. The first-order chi connectivity index (χ1) is 15.8. The van der Waals surface area contributed by atoms with E-state index in [1.165, 1.54) is 18.2 Å². The Bertz CT molecular complexity index is 1240. The zero-order chi connectivity index (χ0) is 23.8. The maximum absolute atomic E-state index is 12.7. The number of rotatable bonds is 10. The van der Waals surface area contributed by atoms with E-state index in [0.29, 0.717) is 22.0 Å². The summed E-state index contributed by atoms with van der Waals surface area (Å²) in [4.78, 5) is 12.6. The number of aryl methyl sites for hydroxylation is 2. The van der Waals surface area contributed by atoms with E-state index >= 15 is 0 Å². The summed E-state index contributed by atoms with van der Waals surface area (Å²) in [6.07, 6.45) is 5.05. The molecular formula is C24H27ClN4O3S. The molecule has 9 heteroatoms. The number of carbonyl (C=O) groups excluding carboxylic acids is 1. The monoisotopic (exact) mass is 486 g/mol. The molecule has 0 saturated carbocycles. The number of para-hydroxylation sites is 1. The topological polar surface area (TPSA) is 93.1 Å². The largest absolute Gasteiger partial charge is 0.348 e. The van der Waals surface area contributed by atoms with Gasteiger partial charge in [-0.05, 0) is 43.2 Å². The molecule has 1 heterocycles. The van der Waals surface area contributed by atoms with E-state index in [1.54, 1.807) is 53.2 Å². The van der Waals surface area contributed by atoms with Crippen LogP contribution in [0.2, 0.25) is 5.15 Å². The summed E-state index contributed by atoms with van der Waals surface area (Å²) in [6, 6.07) is 15.0. The summed E-state index contributed by atoms with van der Waals surface area (Å²) < 4.78 is 29.6. The predicted octanol–water partition coefficient (Wildman–Crippen LogP) is 4.78. The van der Waals surface area contributed by atoms with Gasteiger partial charge in [-0.2, -0.15) is 5.10 Å². The van der Waals surface area contributed by atoms with Crippen molar-refractivity contribution in [2.45, 2.75) is 44.7 Å². The Morgan fingerprint density at radius 1 is 1.12 bits per heavy atom. The zero-order valence-electron chi connectivity index (χ0n) is 18.6. The predicted molar refractivity (Wildman–Crippen MR) is 131 cm³/mol. The molecule has 0 unspecified atom stereocenters. The van der Waals surface area contributed by atoms with Gasteiger partial charge in [0.2, 0.25) is 5.91 Å². The second kappa shape index (κ2) is 11.2. The molecule has 174 valence electrons. The van der Waals surface area contributed by atoms with Crippen molar-refractivity contribution in [1.29, 1.82) is 0 Å². The fraction of sp³-hybridized carbons (Fsp3) is 0.250. The van der Waals surface area contributed by atoms with Crippen LogP contribution in [0.5, 0.6) is 0 Å². The fourth-order valence-corrected chi connectivity index (χ4v) is 4.63. The lowest BCUT2D eigenvalue weighted by Gasteiger charge is -2.13. The fourth-order valence-electron chi connectivity index (χ4n) is 3.19. The minimum absolute atomic E-state index is 0.152. The highest BCUT2D eigenvalue weighted by Crippen LogP contribution is 2.22. The van der Waals surface area contributed by atoms with Gasteiger partial charge in [-0.15, -0.1) is 0 Å². The number of nitrogens with one attached hydrogen (secondary N) is 2. The molecule has 7 nitrogen and oxygen atoms in total. The van der Waals surface area contributed by atoms with Crippen molar-refractivity contribution in [3.05, 3.63) is 82.6 Å². The van der Waals surface area contributed by atoms with Crippen molar-refractivity contribution in [3.63, 3.8) is 0 Å². The van der Waals surface area contributed by atoms with Crippen molar-refractivity contribution >= 4 is 39.3 Å². The van der Waals surface area contributed by atoms with Crippen molar-refractivity contribution in [3.8, 4) is 0 Å². The molecule has 0 atom stereocenters. The van der Waals surface area contributed by atoms with Crippen molar-refractivity contribution in [2.75, 3.05) is 4.72 Å². The molecule has 0 aliphatic carbocycles. The molecule has 1 aromatic heterocycles. The Kier molecular flexibility index (Phi) is 8.30. The molecule has 0 bridgehead atoms. The number of benzene rings is 2. The van der Waals surface area contributed by atoms with E-state index < -0.39 is 10.0 Å². The van der Waals surface area contributed by atoms with Gasteiger partial charge in [0.1, 0.15) is 5.15 Å². The lowest BCUT2D eigenvalue weighted by atomic mass is 10.2. The van der Waals surface area contributed by atoms with Crippen LogP contribution >= 0.6 is 11.6 Å².